The van der Waals surface area contributed by atoms with Gasteiger partial charge in [-0.2, -0.15) is 0 Å². The molecule has 0 bridgehead atoms. The van der Waals surface area contributed by atoms with Gasteiger partial charge in [0.25, 0.3) is 0 Å². The van der Waals surface area contributed by atoms with Crippen molar-refractivity contribution in [3.63, 3.8) is 0 Å². The number of aromatic nitrogens is 2. The summed E-state index contributed by atoms with van der Waals surface area (Å²) in [5, 5.41) is 3.34. The van der Waals surface area contributed by atoms with Crippen molar-refractivity contribution in [2.45, 2.75) is 40.2 Å². The topological polar surface area (TPSA) is 56.3 Å². The van der Waals surface area contributed by atoms with Crippen LogP contribution in [0.5, 0.6) is 11.8 Å². The summed E-state index contributed by atoms with van der Waals surface area (Å²) in [5.41, 5.74) is 0.858. The van der Waals surface area contributed by atoms with Crippen molar-refractivity contribution in [1.82, 2.24) is 15.3 Å². The number of ether oxygens (including phenoxy) is 2. The lowest BCUT2D eigenvalue weighted by molar-refractivity contribution is 0.282. The minimum atomic E-state index is 0.510. The lowest BCUT2D eigenvalue weighted by Crippen LogP contribution is -2.24. The molecule has 0 aliphatic heterocycles. The molecule has 1 N–H and O–H groups in total. The Balaban J connectivity index is 2.40. The van der Waals surface area contributed by atoms with Crippen LogP contribution in [0.25, 0.3) is 0 Å². The number of nitrogens with one attached hydrogen (secondary N) is 1. The maximum Gasteiger partial charge on any atom is 0.223 e. The highest BCUT2D eigenvalue weighted by Crippen LogP contribution is 2.22. The third kappa shape index (κ3) is 4.87. The van der Waals surface area contributed by atoms with Gasteiger partial charge in [0.15, 0.2) is 0 Å². The molecule has 18 heavy (non-hydrogen) atoms. The Morgan fingerprint density at radius 1 is 1.22 bits per heavy atom. The minimum absolute atomic E-state index is 0.510. The summed E-state index contributed by atoms with van der Waals surface area (Å²) in [7, 11) is 0. The van der Waals surface area contributed by atoms with Crippen molar-refractivity contribution in [3.8, 4) is 11.8 Å². The molecule has 0 aliphatic rings. The fourth-order valence-electron chi connectivity index (χ4n) is 1.48. The Morgan fingerprint density at radius 2 is 1.89 bits per heavy atom. The first kappa shape index (κ1) is 14.7. The molecule has 0 saturated heterocycles. The SMILES string of the molecule is CCOc1ncnc(OCCCNC(C)C)c1C. The van der Waals surface area contributed by atoms with Crippen LogP contribution < -0.4 is 14.8 Å². The van der Waals surface area contributed by atoms with Crippen molar-refractivity contribution in [2.75, 3.05) is 19.8 Å². The van der Waals surface area contributed by atoms with Gasteiger partial charge >= 0.3 is 0 Å². The maximum absolute atomic E-state index is 5.63. The molecule has 0 aliphatic carbocycles. The van der Waals surface area contributed by atoms with Crippen LogP contribution in [0.4, 0.5) is 0 Å². The molecule has 0 fully saturated rings. The normalized spacial score (nSPS) is 10.7. The molecule has 0 radical (unpaired) electrons. The van der Waals surface area contributed by atoms with Gasteiger partial charge in [0.2, 0.25) is 11.8 Å². The molecule has 1 rings (SSSR count). The molecular weight excluding hydrogens is 230 g/mol. The van der Waals surface area contributed by atoms with Gasteiger partial charge in [0, 0.05) is 6.04 Å². The number of nitrogens with zero attached hydrogens (tertiary/aromatic N) is 2. The zero-order chi connectivity index (χ0) is 13.4. The third-order valence-corrected chi connectivity index (χ3v) is 2.39. The summed E-state index contributed by atoms with van der Waals surface area (Å²) in [5.74, 6) is 1.21. The minimum Gasteiger partial charge on any atom is -0.478 e. The van der Waals surface area contributed by atoms with Gasteiger partial charge in [0.1, 0.15) is 6.33 Å². The van der Waals surface area contributed by atoms with E-state index in [9.17, 15) is 0 Å². The van der Waals surface area contributed by atoms with E-state index < -0.39 is 0 Å². The van der Waals surface area contributed by atoms with Crippen LogP contribution in [0, 0.1) is 6.92 Å². The number of rotatable bonds is 8. The van der Waals surface area contributed by atoms with E-state index in [1.54, 1.807) is 0 Å². The maximum atomic E-state index is 5.63. The van der Waals surface area contributed by atoms with E-state index in [0.717, 1.165) is 18.5 Å². The highest BCUT2D eigenvalue weighted by atomic mass is 16.5. The molecule has 1 heterocycles. The van der Waals surface area contributed by atoms with E-state index in [0.29, 0.717) is 31.0 Å². The second-order valence-electron chi connectivity index (χ2n) is 4.35. The highest BCUT2D eigenvalue weighted by Gasteiger charge is 2.08. The average molecular weight is 253 g/mol. The zero-order valence-corrected chi connectivity index (χ0v) is 11.7. The Hall–Kier alpha value is -1.36. The van der Waals surface area contributed by atoms with Gasteiger partial charge in [-0.3, -0.25) is 0 Å². The molecule has 5 nitrogen and oxygen atoms in total. The van der Waals surface area contributed by atoms with Gasteiger partial charge < -0.3 is 14.8 Å². The Bertz CT molecular complexity index is 356. The predicted molar refractivity (Wildman–Crippen MR) is 71.2 cm³/mol. The second-order valence-corrected chi connectivity index (χ2v) is 4.35. The molecule has 0 saturated carbocycles. The first-order valence-corrected chi connectivity index (χ1v) is 6.45. The Kier molecular flexibility index (Phi) is 6.43. The first-order valence-electron chi connectivity index (χ1n) is 6.45. The van der Waals surface area contributed by atoms with Gasteiger partial charge in [0.05, 0.1) is 18.8 Å². The summed E-state index contributed by atoms with van der Waals surface area (Å²) in [6.45, 7) is 10.3. The molecule has 102 valence electrons. The smallest absolute Gasteiger partial charge is 0.223 e. The quantitative estimate of drug-likeness (QED) is 0.718. The summed E-state index contributed by atoms with van der Waals surface area (Å²) in [6, 6.07) is 0.510. The van der Waals surface area contributed by atoms with Crippen molar-refractivity contribution in [3.05, 3.63) is 11.9 Å². The largest absolute Gasteiger partial charge is 0.478 e. The van der Waals surface area contributed by atoms with Crippen molar-refractivity contribution in [2.24, 2.45) is 0 Å². The monoisotopic (exact) mass is 253 g/mol. The van der Waals surface area contributed by atoms with E-state index in [2.05, 4.69) is 29.1 Å². The number of hydrogen-bond acceptors (Lipinski definition) is 5. The van der Waals surface area contributed by atoms with Crippen LogP contribution in [0.2, 0.25) is 0 Å². The molecule has 0 amide bonds. The Morgan fingerprint density at radius 3 is 2.50 bits per heavy atom. The second kappa shape index (κ2) is 7.87. The van der Waals surface area contributed by atoms with Gasteiger partial charge in [-0.05, 0) is 26.8 Å². The Labute approximate surface area is 109 Å². The fourth-order valence-corrected chi connectivity index (χ4v) is 1.48. The predicted octanol–water partition coefficient (Wildman–Crippen LogP) is 1.95. The molecule has 1 aromatic rings. The molecule has 0 spiro atoms. The van der Waals surface area contributed by atoms with Crippen molar-refractivity contribution in [1.29, 1.82) is 0 Å². The summed E-state index contributed by atoms with van der Waals surface area (Å²) in [6.07, 6.45) is 2.42. The van der Waals surface area contributed by atoms with Crippen LogP contribution >= 0.6 is 0 Å². The van der Waals surface area contributed by atoms with Crippen molar-refractivity contribution < 1.29 is 9.47 Å². The third-order valence-electron chi connectivity index (χ3n) is 2.39. The van der Waals surface area contributed by atoms with E-state index in [4.69, 9.17) is 9.47 Å². The summed E-state index contributed by atoms with van der Waals surface area (Å²) in [4.78, 5) is 8.19. The van der Waals surface area contributed by atoms with Gasteiger partial charge in [-0.15, -0.1) is 0 Å². The van der Waals surface area contributed by atoms with E-state index >= 15 is 0 Å². The molecule has 5 heteroatoms. The first-order chi connectivity index (χ1) is 8.65. The molecule has 0 atom stereocenters. The fraction of sp³-hybridized carbons (Fsp3) is 0.692. The van der Waals surface area contributed by atoms with Crippen LogP contribution in [-0.4, -0.2) is 35.8 Å². The van der Waals surface area contributed by atoms with Crippen LogP contribution in [-0.2, 0) is 0 Å². The van der Waals surface area contributed by atoms with Crippen molar-refractivity contribution >= 4 is 0 Å². The van der Waals surface area contributed by atoms with Gasteiger partial charge in [-0.25, -0.2) is 9.97 Å². The average Bonchev–Trinajstić information content (AvgIpc) is 2.33. The number of hydrogen-bond donors (Lipinski definition) is 1. The lowest BCUT2D eigenvalue weighted by atomic mass is 10.3. The summed E-state index contributed by atoms with van der Waals surface area (Å²) >= 11 is 0. The van der Waals surface area contributed by atoms with Crippen LogP contribution in [0.15, 0.2) is 6.33 Å². The molecule has 1 aromatic heterocycles. The van der Waals surface area contributed by atoms with E-state index in [-0.39, 0.29) is 0 Å². The van der Waals surface area contributed by atoms with Gasteiger partial charge in [-0.1, -0.05) is 13.8 Å². The zero-order valence-electron chi connectivity index (χ0n) is 11.7. The van der Waals surface area contributed by atoms with E-state index in [1.165, 1.54) is 6.33 Å². The molecular formula is C13H23N3O2. The van der Waals surface area contributed by atoms with Crippen LogP contribution in [0.1, 0.15) is 32.8 Å². The highest BCUT2D eigenvalue weighted by molar-refractivity contribution is 5.32. The standard InChI is InChI=1S/C13H23N3O2/c1-5-17-12-11(4)13(16-9-15-12)18-8-6-7-14-10(2)3/h9-10,14H,5-8H2,1-4H3. The molecule has 0 unspecified atom stereocenters. The van der Waals surface area contributed by atoms with Crippen LogP contribution in [0.3, 0.4) is 0 Å². The lowest BCUT2D eigenvalue weighted by Gasteiger charge is -2.11. The summed E-state index contributed by atoms with van der Waals surface area (Å²) < 4.78 is 11.0. The van der Waals surface area contributed by atoms with E-state index in [1.807, 2.05) is 13.8 Å². The molecule has 0 aromatic carbocycles.